The van der Waals surface area contributed by atoms with Crippen LogP contribution in [-0.4, -0.2) is 42.1 Å². The third-order valence-electron chi connectivity index (χ3n) is 5.18. The van der Waals surface area contributed by atoms with Crippen LogP contribution in [0.4, 0.5) is 16.5 Å². The minimum Gasteiger partial charge on any atom is -0.378 e. The largest absolute Gasteiger partial charge is 0.378 e. The normalized spacial score (nSPS) is 13.8. The summed E-state index contributed by atoms with van der Waals surface area (Å²) in [5, 5.41) is 16.4. The van der Waals surface area contributed by atoms with E-state index in [1.54, 1.807) is 6.07 Å². The van der Waals surface area contributed by atoms with Gasteiger partial charge in [0, 0.05) is 36.2 Å². The number of nitrogens with zero attached hydrogens (tertiary/aromatic N) is 3. The van der Waals surface area contributed by atoms with Gasteiger partial charge in [-0.15, -0.1) is 11.3 Å². The van der Waals surface area contributed by atoms with Gasteiger partial charge in [-0.25, -0.2) is 4.98 Å². The Balaban J connectivity index is 1.62. The maximum atomic E-state index is 13.1. The van der Waals surface area contributed by atoms with Gasteiger partial charge < -0.3 is 9.64 Å². The van der Waals surface area contributed by atoms with E-state index in [9.17, 15) is 14.9 Å². The summed E-state index contributed by atoms with van der Waals surface area (Å²) in [6.45, 7) is 6.36. The number of rotatable bonds is 5. The Labute approximate surface area is 183 Å². The Bertz CT molecular complexity index is 1140. The Kier molecular flexibility index (Phi) is 5.97. The molecule has 1 aromatic heterocycles. The SMILES string of the molecule is Cc1ccc(C)c(-c2csc(NC(=O)c3cc([N+](=O)[O-])ccc3N3CCOCC3)n2)c1. The van der Waals surface area contributed by atoms with E-state index in [0.29, 0.717) is 37.1 Å². The van der Waals surface area contributed by atoms with E-state index in [4.69, 9.17) is 4.74 Å². The molecule has 1 fully saturated rings. The van der Waals surface area contributed by atoms with Crippen LogP contribution < -0.4 is 10.2 Å². The van der Waals surface area contributed by atoms with Crippen molar-refractivity contribution in [3.63, 3.8) is 0 Å². The van der Waals surface area contributed by atoms with Gasteiger partial charge in [-0.1, -0.05) is 17.7 Å². The number of ether oxygens (including phenoxy) is 1. The van der Waals surface area contributed by atoms with Crippen LogP contribution in [0.2, 0.25) is 0 Å². The zero-order valence-corrected chi connectivity index (χ0v) is 18.1. The van der Waals surface area contributed by atoms with Gasteiger partial charge in [-0.3, -0.25) is 20.2 Å². The topological polar surface area (TPSA) is 97.6 Å². The minimum absolute atomic E-state index is 0.127. The molecule has 1 saturated heterocycles. The molecule has 1 amide bonds. The Hall–Kier alpha value is -3.30. The molecule has 0 spiro atoms. The number of carbonyl (C=O) groups is 1. The molecule has 0 radical (unpaired) electrons. The van der Waals surface area contributed by atoms with Crippen molar-refractivity contribution in [2.24, 2.45) is 0 Å². The summed E-state index contributed by atoms with van der Waals surface area (Å²) in [4.78, 5) is 30.4. The number of anilines is 2. The van der Waals surface area contributed by atoms with Crippen LogP contribution in [-0.2, 0) is 4.74 Å². The zero-order valence-electron chi connectivity index (χ0n) is 17.3. The third kappa shape index (κ3) is 4.57. The molecule has 0 unspecified atom stereocenters. The molecule has 0 atom stereocenters. The first-order valence-corrected chi connectivity index (χ1v) is 10.8. The maximum Gasteiger partial charge on any atom is 0.270 e. The van der Waals surface area contributed by atoms with Crippen LogP contribution >= 0.6 is 11.3 Å². The van der Waals surface area contributed by atoms with Gasteiger partial charge in [0.05, 0.1) is 35.1 Å². The van der Waals surface area contributed by atoms with Crippen molar-refractivity contribution in [2.45, 2.75) is 13.8 Å². The predicted molar refractivity (Wildman–Crippen MR) is 121 cm³/mol. The smallest absolute Gasteiger partial charge is 0.270 e. The second-order valence-corrected chi connectivity index (χ2v) is 8.23. The fourth-order valence-corrected chi connectivity index (χ4v) is 4.24. The first-order chi connectivity index (χ1) is 14.9. The molecule has 4 rings (SSSR count). The second-order valence-electron chi connectivity index (χ2n) is 7.37. The fourth-order valence-electron chi connectivity index (χ4n) is 3.53. The number of amides is 1. The molecule has 8 nitrogen and oxygen atoms in total. The highest BCUT2D eigenvalue weighted by Gasteiger charge is 2.23. The summed E-state index contributed by atoms with van der Waals surface area (Å²) in [5.41, 5.74) is 4.80. The molecule has 1 N–H and O–H groups in total. The van der Waals surface area contributed by atoms with E-state index < -0.39 is 10.8 Å². The number of non-ortho nitro benzene ring substituents is 1. The number of nitro groups is 1. The molecule has 2 heterocycles. The van der Waals surface area contributed by atoms with E-state index >= 15 is 0 Å². The molecular weight excluding hydrogens is 416 g/mol. The van der Waals surface area contributed by atoms with Crippen molar-refractivity contribution >= 4 is 33.8 Å². The van der Waals surface area contributed by atoms with E-state index in [1.165, 1.54) is 23.5 Å². The molecule has 9 heteroatoms. The lowest BCUT2D eigenvalue weighted by atomic mass is 10.0. The minimum atomic E-state index is -0.498. The number of hydrogen-bond donors (Lipinski definition) is 1. The summed E-state index contributed by atoms with van der Waals surface area (Å²) < 4.78 is 5.38. The highest BCUT2D eigenvalue weighted by Crippen LogP contribution is 2.30. The lowest BCUT2D eigenvalue weighted by Gasteiger charge is -2.30. The summed E-state index contributed by atoms with van der Waals surface area (Å²) in [5.74, 6) is -0.424. The molecule has 160 valence electrons. The average molecular weight is 439 g/mol. The van der Waals surface area contributed by atoms with Crippen molar-refractivity contribution < 1.29 is 14.5 Å². The number of nitrogens with one attached hydrogen (secondary N) is 1. The third-order valence-corrected chi connectivity index (χ3v) is 5.94. The molecule has 2 aromatic carbocycles. The van der Waals surface area contributed by atoms with Crippen molar-refractivity contribution in [2.75, 3.05) is 36.5 Å². The van der Waals surface area contributed by atoms with Gasteiger partial charge in [-0.05, 0) is 31.5 Å². The monoisotopic (exact) mass is 438 g/mol. The highest BCUT2D eigenvalue weighted by atomic mass is 32.1. The first-order valence-electron chi connectivity index (χ1n) is 9.88. The second kappa shape index (κ2) is 8.83. The van der Waals surface area contributed by atoms with Crippen LogP contribution in [0.15, 0.2) is 41.8 Å². The van der Waals surface area contributed by atoms with Crippen LogP contribution in [0.3, 0.4) is 0 Å². The van der Waals surface area contributed by atoms with Crippen molar-refractivity contribution in [3.05, 3.63) is 68.6 Å². The quantitative estimate of drug-likeness (QED) is 0.468. The highest BCUT2D eigenvalue weighted by molar-refractivity contribution is 7.14. The van der Waals surface area contributed by atoms with Gasteiger partial charge in [0.1, 0.15) is 0 Å². The average Bonchev–Trinajstić information content (AvgIpc) is 3.23. The van der Waals surface area contributed by atoms with Gasteiger partial charge in [-0.2, -0.15) is 0 Å². The molecule has 31 heavy (non-hydrogen) atoms. The van der Waals surface area contributed by atoms with Crippen molar-refractivity contribution in [1.82, 2.24) is 4.98 Å². The Morgan fingerprint density at radius 2 is 1.97 bits per heavy atom. The van der Waals surface area contributed by atoms with E-state index in [2.05, 4.69) is 16.4 Å². The van der Waals surface area contributed by atoms with E-state index in [1.807, 2.05) is 36.3 Å². The lowest BCUT2D eigenvalue weighted by molar-refractivity contribution is -0.384. The number of carbonyl (C=O) groups excluding carboxylic acids is 1. The van der Waals surface area contributed by atoms with Gasteiger partial charge in [0.2, 0.25) is 0 Å². The summed E-state index contributed by atoms with van der Waals surface area (Å²) in [7, 11) is 0. The predicted octanol–water partition coefficient (Wildman–Crippen LogP) is 4.42. The number of benzene rings is 2. The molecule has 0 bridgehead atoms. The summed E-state index contributed by atoms with van der Waals surface area (Å²) in [6, 6.07) is 10.5. The van der Waals surface area contributed by atoms with Crippen molar-refractivity contribution in [3.8, 4) is 11.3 Å². The Morgan fingerprint density at radius 1 is 1.19 bits per heavy atom. The number of aryl methyl sites for hydroxylation is 2. The first kappa shape index (κ1) is 21.0. The van der Waals surface area contributed by atoms with Gasteiger partial charge in [0.25, 0.3) is 11.6 Å². The summed E-state index contributed by atoms with van der Waals surface area (Å²) in [6.07, 6.45) is 0. The number of nitro benzene ring substituents is 1. The Morgan fingerprint density at radius 3 is 2.71 bits per heavy atom. The molecule has 0 saturated carbocycles. The van der Waals surface area contributed by atoms with E-state index in [0.717, 1.165) is 22.4 Å². The lowest BCUT2D eigenvalue weighted by Crippen LogP contribution is -2.37. The zero-order chi connectivity index (χ0) is 22.0. The standard InChI is InChI=1S/C22H22N4O4S/c1-14-3-4-15(2)17(11-14)19-13-31-22(23-19)24-21(27)18-12-16(26(28)29)5-6-20(18)25-7-9-30-10-8-25/h3-6,11-13H,7-10H2,1-2H3,(H,23,24,27). The number of aromatic nitrogens is 1. The molecule has 1 aliphatic rings. The molecule has 1 aliphatic heterocycles. The van der Waals surface area contributed by atoms with Crippen LogP contribution in [0.1, 0.15) is 21.5 Å². The molecule has 0 aliphatic carbocycles. The van der Waals surface area contributed by atoms with Gasteiger partial charge >= 0.3 is 0 Å². The molecule has 3 aromatic rings. The van der Waals surface area contributed by atoms with Crippen LogP contribution in [0, 0.1) is 24.0 Å². The fraction of sp³-hybridized carbons (Fsp3) is 0.273. The summed E-state index contributed by atoms with van der Waals surface area (Å²) >= 11 is 1.32. The molecular formula is C22H22N4O4S. The van der Waals surface area contributed by atoms with Crippen LogP contribution in [0.25, 0.3) is 11.3 Å². The van der Waals surface area contributed by atoms with Crippen molar-refractivity contribution in [1.29, 1.82) is 0 Å². The number of hydrogen-bond acceptors (Lipinski definition) is 7. The van der Waals surface area contributed by atoms with Crippen LogP contribution in [0.5, 0.6) is 0 Å². The number of morpholine rings is 1. The van der Waals surface area contributed by atoms with Gasteiger partial charge in [0.15, 0.2) is 5.13 Å². The van der Waals surface area contributed by atoms with E-state index in [-0.39, 0.29) is 11.3 Å². The number of thiazole rings is 1. The maximum absolute atomic E-state index is 13.1.